The Morgan fingerprint density at radius 1 is 1.32 bits per heavy atom. The molecule has 0 aliphatic heterocycles. The minimum Gasteiger partial charge on any atom is -0.480 e. The third-order valence-electron chi connectivity index (χ3n) is 2.76. The molecule has 0 aliphatic carbocycles. The first kappa shape index (κ1) is 18.1. The van der Waals surface area contributed by atoms with Gasteiger partial charge in [0.25, 0.3) is 5.91 Å². The lowest BCUT2D eigenvalue weighted by Crippen LogP contribution is -2.46. The summed E-state index contributed by atoms with van der Waals surface area (Å²) in [5.41, 5.74) is 0. The summed E-state index contributed by atoms with van der Waals surface area (Å²) in [4.78, 5) is 34.5. The average Bonchev–Trinajstić information content (AvgIpc) is 2.92. The van der Waals surface area contributed by atoms with E-state index in [2.05, 4.69) is 10.6 Å². The molecule has 1 rings (SSSR count). The number of rotatable bonds is 8. The van der Waals surface area contributed by atoms with E-state index < -0.39 is 23.8 Å². The van der Waals surface area contributed by atoms with Gasteiger partial charge < -0.3 is 20.2 Å². The molecule has 0 aliphatic rings. The zero-order chi connectivity index (χ0) is 16.7. The number of nitrogens with one attached hydrogen (secondary N) is 2. The van der Waals surface area contributed by atoms with Crippen LogP contribution in [0.25, 0.3) is 0 Å². The van der Waals surface area contributed by atoms with Crippen molar-refractivity contribution in [3.05, 3.63) is 17.9 Å². The van der Waals surface area contributed by atoms with E-state index in [1.54, 1.807) is 6.07 Å². The molecule has 22 heavy (non-hydrogen) atoms. The van der Waals surface area contributed by atoms with Crippen molar-refractivity contribution in [2.75, 3.05) is 12.8 Å². The summed E-state index contributed by atoms with van der Waals surface area (Å²) in [5, 5.41) is 14.4. The highest BCUT2D eigenvalue weighted by Crippen LogP contribution is 2.17. The average molecular weight is 328 g/mol. The number of carbonyl (C=O) groups excluding carboxylic acids is 2. The van der Waals surface area contributed by atoms with Crippen molar-refractivity contribution in [2.24, 2.45) is 5.92 Å². The number of hydrogen-bond donors (Lipinski definition) is 3. The molecule has 122 valence electrons. The van der Waals surface area contributed by atoms with Crippen LogP contribution in [0, 0.1) is 5.92 Å². The lowest BCUT2D eigenvalue weighted by Gasteiger charge is -2.16. The lowest BCUT2D eigenvalue weighted by molar-refractivity contribution is -0.142. The molecule has 1 atom stereocenters. The van der Waals surface area contributed by atoms with E-state index in [-0.39, 0.29) is 18.2 Å². The van der Waals surface area contributed by atoms with Crippen molar-refractivity contribution in [1.82, 2.24) is 10.6 Å². The smallest absolute Gasteiger partial charge is 0.326 e. The van der Waals surface area contributed by atoms with Crippen molar-refractivity contribution in [2.45, 2.75) is 31.4 Å². The highest BCUT2D eigenvalue weighted by atomic mass is 32.2. The Balaban J connectivity index is 2.47. The maximum Gasteiger partial charge on any atom is 0.326 e. The van der Waals surface area contributed by atoms with Gasteiger partial charge >= 0.3 is 5.97 Å². The van der Waals surface area contributed by atoms with Gasteiger partial charge in [-0.15, -0.1) is 0 Å². The Kier molecular flexibility index (Phi) is 6.97. The summed E-state index contributed by atoms with van der Waals surface area (Å²) in [5.74, 6) is -1.94. The molecule has 0 fully saturated rings. The molecule has 8 heteroatoms. The van der Waals surface area contributed by atoms with Crippen molar-refractivity contribution >= 4 is 29.5 Å². The zero-order valence-electron chi connectivity index (χ0n) is 12.7. The van der Waals surface area contributed by atoms with Crippen LogP contribution in [0.5, 0.6) is 0 Å². The number of furan rings is 1. The number of carbonyl (C=O) groups is 3. The highest BCUT2D eigenvalue weighted by Gasteiger charge is 2.21. The molecule has 1 aromatic rings. The maximum absolute atomic E-state index is 11.8. The highest BCUT2D eigenvalue weighted by molar-refractivity contribution is 7.98. The van der Waals surface area contributed by atoms with Crippen LogP contribution in [0.1, 0.15) is 30.8 Å². The number of amides is 2. The maximum atomic E-state index is 11.8. The predicted molar refractivity (Wildman–Crippen MR) is 81.8 cm³/mol. The molecule has 0 radical (unpaired) electrons. The number of aliphatic carboxylic acids is 1. The van der Waals surface area contributed by atoms with Crippen molar-refractivity contribution in [3.63, 3.8) is 0 Å². The number of carboxylic acids is 1. The van der Waals surface area contributed by atoms with Crippen molar-refractivity contribution in [1.29, 1.82) is 0 Å². The first-order chi connectivity index (χ1) is 10.3. The third-order valence-corrected chi connectivity index (χ3v) is 3.38. The second-order valence-corrected chi connectivity index (χ2v) is 5.90. The second kappa shape index (κ2) is 8.47. The van der Waals surface area contributed by atoms with Crippen LogP contribution in [0.4, 0.5) is 0 Å². The molecule has 3 N–H and O–H groups in total. The summed E-state index contributed by atoms with van der Waals surface area (Å²) in [6, 6.07) is 2.21. The molecule has 0 spiro atoms. The van der Waals surface area contributed by atoms with Crippen molar-refractivity contribution < 1.29 is 23.9 Å². The Labute approximate surface area is 132 Å². The van der Waals surface area contributed by atoms with Crippen LogP contribution in [0.2, 0.25) is 0 Å². The molecule has 0 saturated heterocycles. The Hall–Kier alpha value is -1.96. The van der Waals surface area contributed by atoms with Gasteiger partial charge in [0.2, 0.25) is 5.91 Å². The fourth-order valence-electron chi connectivity index (χ4n) is 1.74. The summed E-state index contributed by atoms with van der Waals surface area (Å²) in [6.07, 6.45) is 2.14. The van der Waals surface area contributed by atoms with E-state index in [1.165, 1.54) is 17.8 Å². The number of hydrogen-bond acceptors (Lipinski definition) is 5. The summed E-state index contributed by atoms with van der Waals surface area (Å²) >= 11 is 1.36. The standard InChI is InChI=1S/C14H20N2O5S/c1-8(2)6-9(14(19)20)16-11(17)7-15-13(18)10-4-5-12(21-10)22-3/h4-5,8-9H,6-7H2,1-3H3,(H,15,18)(H,16,17)(H,19,20)/t9-/m0/s1. The van der Waals surface area contributed by atoms with Gasteiger partial charge in [-0.3, -0.25) is 9.59 Å². The summed E-state index contributed by atoms with van der Waals surface area (Å²) in [6.45, 7) is 3.42. The van der Waals surface area contributed by atoms with E-state index in [4.69, 9.17) is 9.52 Å². The molecular formula is C14H20N2O5S. The SMILES string of the molecule is CSc1ccc(C(=O)NCC(=O)N[C@@H](CC(C)C)C(=O)O)o1. The zero-order valence-corrected chi connectivity index (χ0v) is 13.5. The Bertz CT molecular complexity index is 541. The normalized spacial score (nSPS) is 12.0. The minimum atomic E-state index is -1.09. The van der Waals surface area contributed by atoms with Crippen LogP contribution < -0.4 is 10.6 Å². The van der Waals surface area contributed by atoms with Crippen LogP contribution in [0.3, 0.4) is 0 Å². The molecule has 2 amide bonds. The van der Waals surface area contributed by atoms with Crippen molar-refractivity contribution in [3.8, 4) is 0 Å². The molecule has 0 bridgehead atoms. The lowest BCUT2D eigenvalue weighted by atomic mass is 10.0. The number of carboxylic acid groups (broad SMARTS) is 1. The second-order valence-electron chi connectivity index (χ2n) is 5.09. The molecular weight excluding hydrogens is 308 g/mol. The third kappa shape index (κ3) is 5.80. The topological polar surface area (TPSA) is 109 Å². The molecule has 7 nitrogen and oxygen atoms in total. The first-order valence-electron chi connectivity index (χ1n) is 6.77. The predicted octanol–water partition coefficient (Wildman–Crippen LogP) is 1.35. The van der Waals surface area contributed by atoms with Crippen LogP contribution in [0.15, 0.2) is 21.6 Å². The quantitative estimate of drug-likeness (QED) is 0.622. The van der Waals surface area contributed by atoms with Gasteiger partial charge in [0.05, 0.1) is 6.54 Å². The monoisotopic (exact) mass is 328 g/mol. The van der Waals surface area contributed by atoms with E-state index in [0.717, 1.165) is 0 Å². The van der Waals surface area contributed by atoms with E-state index >= 15 is 0 Å². The van der Waals surface area contributed by atoms with Gasteiger partial charge in [-0.25, -0.2) is 4.79 Å². The van der Waals surface area contributed by atoms with E-state index in [0.29, 0.717) is 11.5 Å². The number of thioether (sulfide) groups is 1. The Morgan fingerprint density at radius 3 is 2.50 bits per heavy atom. The molecule has 0 aromatic carbocycles. The fourth-order valence-corrected chi connectivity index (χ4v) is 2.12. The van der Waals surface area contributed by atoms with Gasteiger partial charge in [0.1, 0.15) is 6.04 Å². The largest absolute Gasteiger partial charge is 0.480 e. The molecule has 1 aromatic heterocycles. The molecule has 0 saturated carbocycles. The van der Waals surface area contributed by atoms with Gasteiger partial charge in [0.15, 0.2) is 10.9 Å². The van der Waals surface area contributed by atoms with Gasteiger partial charge in [-0.1, -0.05) is 25.6 Å². The van der Waals surface area contributed by atoms with Crippen LogP contribution in [-0.2, 0) is 9.59 Å². The Morgan fingerprint density at radius 2 is 2.00 bits per heavy atom. The molecule has 1 heterocycles. The van der Waals surface area contributed by atoms with Crippen LogP contribution in [-0.4, -0.2) is 41.7 Å². The summed E-state index contributed by atoms with van der Waals surface area (Å²) in [7, 11) is 0. The van der Waals surface area contributed by atoms with E-state index in [1.807, 2.05) is 20.1 Å². The fraction of sp³-hybridized carbons (Fsp3) is 0.500. The first-order valence-corrected chi connectivity index (χ1v) is 8.00. The van der Waals surface area contributed by atoms with E-state index in [9.17, 15) is 14.4 Å². The molecule has 0 unspecified atom stereocenters. The minimum absolute atomic E-state index is 0.106. The van der Waals surface area contributed by atoms with Crippen LogP contribution >= 0.6 is 11.8 Å². The van der Waals surface area contributed by atoms with Gasteiger partial charge in [0, 0.05) is 0 Å². The van der Waals surface area contributed by atoms with Gasteiger partial charge in [-0.05, 0) is 30.7 Å². The summed E-state index contributed by atoms with van der Waals surface area (Å²) < 4.78 is 5.22. The van der Waals surface area contributed by atoms with Gasteiger partial charge in [-0.2, -0.15) is 0 Å².